The van der Waals surface area contributed by atoms with E-state index in [4.69, 9.17) is 10.5 Å². The van der Waals surface area contributed by atoms with Crippen molar-refractivity contribution in [3.63, 3.8) is 0 Å². The number of nitrogens with one attached hydrogen (secondary N) is 1. The number of hydrogen-bond acceptors (Lipinski definition) is 4. The standard InChI is InChI=1S/C13H18N2O3/c1-3-18-13(17)10-5-4-6-11(7-10)15-12(16)9(2)8-14/h4-7,9H,3,8,14H2,1-2H3,(H,15,16). The maximum atomic E-state index is 11.6. The molecule has 3 N–H and O–H groups in total. The molecule has 0 aromatic heterocycles. The topological polar surface area (TPSA) is 81.4 Å². The van der Waals surface area contributed by atoms with Crippen LogP contribution in [0.3, 0.4) is 0 Å². The second-order valence-electron chi connectivity index (χ2n) is 3.93. The third-order valence-electron chi connectivity index (χ3n) is 2.44. The number of hydrogen-bond donors (Lipinski definition) is 2. The molecule has 0 aliphatic rings. The van der Waals surface area contributed by atoms with Gasteiger partial charge in [-0.2, -0.15) is 0 Å². The molecule has 1 unspecified atom stereocenters. The van der Waals surface area contributed by atoms with E-state index in [1.54, 1.807) is 38.1 Å². The van der Waals surface area contributed by atoms with Crippen LogP contribution in [0.15, 0.2) is 24.3 Å². The zero-order valence-electron chi connectivity index (χ0n) is 10.6. The maximum Gasteiger partial charge on any atom is 0.338 e. The molecule has 0 saturated carbocycles. The first-order valence-corrected chi connectivity index (χ1v) is 5.86. The van der Waals surface area contributed by atoms with Crippen LogP contribution < -0.4 is 11.1 Å². The second-order valence-corrected chi connectivity index (χ2v) is 3.93. The number of carbonyl (C=O) groups is 2. The molecule has 1 amide bonds. The van der Waals surface area contributed by atoms with Crippen LogP contribution >= 0.6 is 0 Å². The molecule has 0 fully saturated rings. The Morgan fingerprint density at radius 1 is 1.44 bits per heavy atom. The lowest BCUT2D eigenvalue weighted by Crippen LogP contribution is -2.26. The Labute approximate surface area is 106 Å². The lowest BCUT2D eigenvalue weighted by Gasteiger charge is -2.10. The zero-order chi connectivity index (χ0) is 13.5. The van der Waals surface area contributed by atoms with E-state index in [-0.39, 0.29) is 18.4 Å². The monoisotopic (exact) mass is 250 g/mol. The summed E-state index contributed by atoms with van der Waals surface area (Å²) in [6, 6.07) is 6.62. The van der Waals surface area contributed by atoms with Gasteiger partial charge in [0.2, 0.25) is 5.91 Å². The Kier molecular flexibility index (Phi) is 5.32. The molecular formula is C13H18N2O3. The summed E-state index contributed by atoms with van der Waals surface area (Å²) >= 11 is 0. The van der Waals surface area contributed by atoms with E-state index >= 15 is 0 Å². The van der Waals surface area contributed by atoms with Gasteiger partial charge in [-0.3, -0.25) is 4.79 Å². The zero-order valence-corrected chi connectivity index (χ0v) is 10.6. The van der Waals surface area contributed by atoms with Gasteiger partial charge >= 0.3 is 5.97 Å². The molecule has 5 nitrogen and oxygen atoms in total. The number of ether oxygens (including phenoxy) is 1. The fourth-order valence-corrected chi connectivity index (χ4v) is 1.31. The third-order valence-corrected chi connectivity index (χ3v) is 2.44. The van der Waals surface area contributed by atoms with Gasteiger partial charge in [-0.15, -0.1) is 0 Å². The van der Waals surface area contributed by atoms with Gasteiger partial charge in [0, 0.05) is 18.2 Å². The molecule has 0 bridgehead atoms. The molecular weight excluding hydrogens is 232 g/mol. The fourth-order valence-electron chi connectivity index (χ4n) is 1.31. The van der Waals surface area contributed by atoms with E-state index in [1.165, 1.54) is 0 Å². The smallest absolute Gasteiger partial charge is 0.338 e. The number of esters is 1. The van der Waals surface area contributed by atoms with Crippen molar-refractivity contribution in [1.82, 2.24) is 0 Å². The molecule has 1 atom stereocenters. The summed E-state index contributed by atoms with van der Waals surface area (Å²) in [5.74, 6) is -0.838. The summed E-state index contributed by atoms with van der Waals surface area (Å²) in [6.45, 7) is 4.08. The summed E-state index contributed by atoms with van der Waals surface area (Å²) in [4.78, 5) is 23.2. The van der Waals surface area contributed by atoms with Crippen LogP contribution in [0.1, 0.15) is 24.2 Å². The highest BCUT2D eigenvalue weighted by Crippen LogP contribution is 2.12. The van der Waals surface area contributed by atoms with Gasteiger partial charge < -0.3 is 15.8 Å². The molecule has 5 heteroatoms. The van der Waals surface area contributed by atoms with Crippen molar-refractivity contribution < 1.29 is 14.3 Å². The molecule has 0 saturated heterocycles. The fraction of sp³-hybridized carbons (Fsp3) is 0.385. The van der Waals surface area contributed by atoms with E-state index in [0.717, 1.165) is 0 Å². The normalized spacial score (nSPS) is 11.7. The Balaban J connectivity index is 2.76. The highest BCUT2D eigenvalue weighted by atomic mass is 16.5. The molecule has 1 rings (SSSR count). The highest BCUT2D eigenvalue weighted by molar-refractivity contribution is 5.95. The van der Waals surface area contributed by atoms with Crippen molar-refractivity contribution >= 4 is 17.6 Å². The van der Waals surface area contributed by atoms with Crippen LogP contribution in [0.5, 0.6) is 0 Å². The third kappa shape index (κ3) is 3.85. The van der Waals surface area contributed by atoms with Gasteiger partial charge in [-0.1, -0.05) is 13.0 Å². The summed E-state index contributed by atoms with van der Waals surface area (Å²) < 4.78 is 4.88. The Hall–Kier alpha value is -1.88. The minimum absolute atomic E-state index is 0.168. The summed E-state index contributed by atoms with van der Waals surface area (Å²) in [5, 5.41) is 2.70. The van der Waals surface area contributed by atoms with E-state index < -0.39 is 5.97 Å². The summed E-state index contributed by atoms with van der Waals surface area (Å²) in [6.07, 6.45) is 0. The van der Waals surface area contributed by atoms with Gasteiger partial charge in [0.1, 0.15) is 0 Å². The quantitative estimate of drug-likeness (QED) is 0.774. The maximum absolute atomic E-state index is 11.6. The number of amides is 1. The molecule has 98 valence electrons. The van der Waals surface area contributed by atoms with Gasteiger partial charge in [-0.25, -0.2) is 4.79 Å². The molecule has 18 heavy (non-hydrogen) atoms. The van der Waals surface area contributed by atoms with Crippen molar-refractivity contribution in [2.75, 3.05) is 18.5 Å². The highest BCUT2D eigenvalue weighted by Gasteiger charge is 2.12. The van der Waals surface area contributed by atoms with Crippen LogP contribution in [0.2, 0.25) is 0 Å². The van der Waals surface area contributed by atoms with Crippen LogP contribution in [-0.4, -0.2) is 25.0 Å². The average molecular weight is 250 g/mol. The Bertz CT molecular complexity index is 432. The molecule has 0 spiro atoms. The molecule has 1 aromatic rings. The number of nitrogens with two attached hydrogens (primary N) is 1. The van der Waals surface area contributed by atoms with Crippen LogP contribution in [-0.2, 0) is 9.53 Å². The summed E-state index contributed by atoms with van der Waals surface area (Å²) in [5.41, 5.74) is 6.38. The minimum Gasteiger partial charge on any atom is -0.462 e. The first-order chi connectivity index (χ1) is 8.58. The second kappa shape index (κ2) is 6.76. The van der Waals surface area contributed by atoms with Gasteiger partial charge in [-0.05, 0) is 25.1 Å². The predicted octanol–water partition coefficient (Wildman–Crippen LogP) is 1.40. The molecule has 1 aromatic carbocycles. The number of benzene rings is 1. The van der Waals surface area contributed by atoms with E-state index in [1.807, 2.05) is 0 Å². The minimum atomic E-state index is -0.402. The van der Waals surface area contributed by atoms with Crippen molar-refractivity contribution in [3.05, 3.63) is 29.8 Å². The Morgan fingerprint density at radius 2 is 2.17 bits per heavy atom. The largest absolute Gasteiger partial charge is 0.462 e. The SMILES string of the molecule is CCOC(=O)c1cccc(NC(=O)C(C)CN)c1. The number of carbonyl (C=O) groups excluding carboxylic acids is 2. The predicted molar refractivity (Wildman–Crippen MR) is 69.2 cm³/mol. The molecule has 0 radical (unpaired) electrons. The lowest BCUT2D eigenvalue weighted by molar-refractivity contribution is -0.119. The number of anilines is 1. The van der Waals surface area contributed by atoms with Crippen LogP contribution in [0, 0.1) is 5.92 Å². The van der Waals surface area contributed by atoms with E-state index in [9.17, 15) is 9.59 Å². The molecule has 0 heterocycles. The van der Waals surface area contributed by atoms with Crippen molar-refractivity contribution in [2.24, 2.45) is 11.7 Å². The van der Waals surface area contributed by atoms with Crippen molar-refractivity contribution in [3.8, 4) is 0 Å². The van der Waals surface area contributed by atoms with Crippen LogP contribution in [0.4, 0.5) is 5.69 Å². The molecule has 0 aliphatic carbocycles. The van der Waals surface area contributed by atoms with Crippen molar-refractivity contribution in [2.45, 2.75) is 13.8 Å². The summed E-state index contributed by atoms with van der Waals surface area (Å²) in [7, 11) is 0. The molecule has 0 aliphatic heterocycles. The van der Waals surface area contributed by atoms with Crippen molar-refractivity contribution in [1.29, 1.82) is 0 Å². The first kappa shape index (κ1) is 14.2. The number of rotatable bonds is 5. The lowest BCUT2D eigenvalue weighted by atomic mass is 10.1. The van der Waals surface area contributed by atoms with Crippen LogP contribution in [0.25, 0.3) is 0 Å². The van der Waals surface area contributed by atoms with Gasteiger partial charge in [0.05, 0.1) is 12.2 Å². The Morgan fingerprint density at radius 3 is 2.78 bits per heavy atom. The average Bonchev–Trinajstić information content (AvgIpc) is 2.38. The van der Waals surface area contributed by atoms with E-state index in [0.29, 0.717) is 17.9 Å². The van der Waals surface area contributed by atoms with Gasteiger partial charge in [0.15, 0.2) is 0 Å². The first-order valence-electron chi connectivity index (χ1n) is 5.86. The van der Waals surface area contributed by atoms with Gasteiger partial charge in [0.25, 0.3) is 0 Å². The van der Waals surface area contributed by atoms with E-state index in [2.05, 4.69) is 5.32 Å².